The lowest BCUT2D eigenvalue weighted by atomic mass is 10.4. The Bertz CT molecular complexity index is 108. The third-order valence-electron chi connectivity index (χ3n) is 1.48. The maximum Gasteiger partial charge on any atom is 0.236 e. The Hall–Kier alpha value is -0.570. The quantitative estimate of drug-likeness (QED) is 0.510. The van der Waals surface area contributed by atoms with Crippen LogP contribution in [0.3, 0.4) is 0 Å². The van der Waals surface area contributed by atoms with E-state index in [9.17, 15) is 4.79 Å². The molecule has 9 heavy (non-hydrogen) atoms. The molecule has 0 aromatic rings. The Kier molecular flexibility index (Phi) is 2.05. The Labute approximate surface area is 54.8 Å². The molecular formula is C6H11N2O. The van der Waals surface area contributed by atoms with Crippen molar-refractivity contribution in [1.82, 2.24) is 4.90 Å². The van der Waals surface area contributed by atoms with Gasteiger partial charge in [0.05, 0.1) is 6.54 Å². The summed E-state index contributed by atoms with van der Waals surface area (Å²) in [7, 11) is 0. The van der Waals surface area contributed by atoms with Crippen molar-refractivity contribution < 1.29 is 4.79 Å². The van der Waals surface area contributed by atoms with Crippen LogP contribution < -0.4 is 5.73 Å². The van der Waals surface area contributed by atoms with Crippen LogP contribution in [-0.4, -0.2) is 30.4 Å². The standard InChI is InChI=1S/C6H11N2O/c7-5-6(9)8-3-1-2-4-8/h1H,2-5,7H2. The second-order valence-corrected chi connectivity index (χ2v) is 2.12. The van der Waals surface area contributed by atoms with Gasteiger partial charge in [0.15, 0.2) is 0 Å². The van der Waals surface area contributed by atoms with E-state index in [-0.39, 0.29) is 12.5 Å². The Morgan fingerprint density at radius 2 is 2.56 bits per heavy atom. The molecule has 1 saturated heterocycles. The van der Waals surface area contributed by atoms with E-state index < -0.39 is 0 Å². The van der Waals surface area contributed by atoms with Gasteiger partial charge in [0, 0.05) is 13.1 Å². The number of nitrogens with zero attached hydrogens (tertiary/aromatic N) is 1. The van der Waals surface area contributed by atoms with Crippen LogP contribution in [0.1, 0.15) is 6.42 Å². The van der Waals surface area contributed by atoms with Gasteiger partial charge >= 0.3 is 0 Å². The van der Waals surface area contributed by atoms with Crippen molar-refractivity contribution in [2.45, 2.75) is 6.42 Å². The Morgan fingerprint density at radius 3 is 3.00 bits per heavy atom. The molecule has 0 bridgehead atoms. The molecule has 0 aromatic carbocycles. The fourth-order valence-corrected chi connectivity index (χ4v) is 0.941. The monoisotopic (exact) mass is 127 g/mol. The highest BCUT2D eigenvalue weighted by molar-refractivity contribution is 5.78. The van der Waals surface area contributed by atoms with Crippen LogP contribution in [-0.2, 0) is 4.79 Å². The molecule has 0 aromatic heterocycles. The first-order chi connectivity index (χ1) is 4.34. The lowest BCUT2D eigenvalue weighted by molar-refractivity contribution is -0.128. The summed E-state index contributed by atoms with van der Waals surface area (Å²) in [5, 5.41) is 0. The summed E-state index contributed by atoms with van der Waals surface area (Å²) in [5.41, 5.74) is 5.15. The molecule has 0 aliphatic carbocycles. The molecule has 0 spiro atoms. The van der Waals surface area contributed by atoms with Gasteiger partial charge < -0.3 is 10.6 Å². The molecule has 0 saturated carbocycles. The predicted octanol–water partition coefficient (Wildman–Crippen LogP) is -0.618. The zero-order chi connectivity index (χ0) is 6.69. The first kappa shape index (κ1) is 6.55. The smallest absolute Gasteiger partial charge is 0.236 e. The maximum atomic E-state index is 10.8. The second-order valence-electron chi connectivity index (χ2n) is 2.12. The molecule has 2 N–H and O–H groups in total. The first-order valence-electron chi connectivity index (χ1n) is 3.14. The molecule has 0 atom stereocenters. The molecule has 1 amide bonds. The average Bonchev–Trinajstić information content (AvgIpc) is 2.37. The third kappa shape index (κ3) is 1.42. The van der Waals surface area contributed by atoms with E-state index >= 15 is 0 Å². The molecular weight excluding hydrogens is 116 g/mol. The average molecular weight is 127 g/mol. The highest BCUT2D eigenvalue weighted by Crippen LogP contribution is 2.04. The summed E-state index contributed by atoms with van der Waals surface area (Å²) < 4.78 is 0. The second kappa shape index (κ2) is 2.82. The molecule has 1 aliphatic rings. The summed E-state index contributed by atoms with van der Waals surface area (Å²) >= 11 is 0. The normalized spacial score (nSPS) is 18.6. The largest absolute Gasteiger partial charge is 0.341 e. The van der Waals surface area contributed by atoms with Crippen molar-refractivity contribution in [3.05, 3.63) is 6.42 Å². The van der Waals surface area contributed by atoms with E-state index in [1.165, 1.54) is 0 Å². The van der Waals surface area contributed by atoms with Gasteiger partial charge in [-0.3, -0.25) is 4.79 Å². The minimum absolute atomic E-state index is 0.0590. The fourth-order valence-electron chi connectivity index (χ4n) is 0.941. The third-order valence-corrected chi connectivity index (χ3v) is 1.48. The number of carbonyl (C=O) groups excluding carboxylic acids is 1. The summed E-state index contributed by atoms with van der Waals surface area (Å²) in [6.07, 6.45) is 3.11. The molecule has 1 radical (unpaired) electrons. The highest BCUT2D eigenvalue weighted by atomic mass is 16.2. The van der Waals surface area contributed by atoms with Crippen molar-refractivity contribution in [2.24, 2.45) is 5.73 Å². The first-order valence-corrected chi connectivity index (χ1v) is 3.14. The summed E-state index contributed by atoms with van der Waals surface area (Å²) in [4.78, 5) is 12.6. The van der Waals surface area contributed by atoms with E-state index in [2.05, 4.69) is 6.42 Å². The van der Waals surface area contributed by atoms with Crippen LogP contribution in [0, 0.1) is 6.42 Å². The lowest BCUT2D eigenvalue weighted by Gasteiger charge is -2.12. The Balaban J connectivity index is 2.32. The van der Waals surface area contributed by atoms with E-state index in [0.29, 0.717) is 0 Å². The molecule has 0 unspecified atom stereocenters. The SMILES string of the molecule is NCC(=O)N1C[CH]CC1. The van der Waals surface area contributed by atoms with E-state index in [1.807, 2.05) is 0 Å². The summed E-state index contributed by atoms with van der Waals surface area (Å²) in [5.74, 6) is 0.0590. The molecule has 51 valence electrons. The summed E-state index contributed by atoms with van der Waals surface area (Å²) in [6, 6.07) is 0. The van der Waals surface area contributed by atoms with Crippen LogP contribution in [0.5, 0.6) is 0 Å². The minimum atomic E-state index is 0.0590. The zero-order valence-corrected chi connectivity index (χ0v) is 5.34. The van der Waals surface area contributed by atoms with Gasteiger partial charge in [-0.05, 0) is 12.8 Å². The molecule has 3 nitrogen and oxygen atoms in total. The highest BCUT2D eigenvalue weighted by Gasteiger charge is 2.15. The molecule has 1 aliphatic heterocycles. The van der Waals surface area contributed by atoms with Gasteiger partial charge in [0.2, 0.25) is 5.91 Å². The molecule has 1 rings (SSSR count). The number of hydrogen-bond donors (Lipinski definition) is 1. The van der Waals surface area contributed by atoms with Gasteiger partial charge in [0.1, 0.15) is 0 Å². The number of carbonyl (C=O) groups is 1. The van der Waals surface area contributed by atoms with Crippen molar-refractivity contribution in [3.8, 4) is 0 Å². The van der Waals surface area contributed by atoms with Gasteiger partial charge in [-0.15, -0.1) is 0 Å². The number of rotatable bonds is 1. The predicted molar refractivity (Wildman–Crippen MR) is 34.6 cm³/mol. The van der Waals surface area contributed by atoms with Crippen molar-refractivity contribution in [3.63, 3.8) is 0 Å². The van der Waals surface area contributed by atoms with Crippen molar-refractivity contribution >= 4 is 5.91 Å². The minimum Gasteiger partial charge on any atom is -0.341 e. The van der Waals surface area contributed by atoms with E-state index in [0.717, 1.165) is 19.5 Å². The molecule has 1 heterocycles. The van der Waals surface area contributed by atoms with E-state index in [1.54, 1.807) is 4.90 Å². The van der Waals surface area contributed by atoms with Crippen molar-refractivity contribution in [1.29, 1.82) is 0 Å². The number of hydrogen-bond acceptors (Lipinski definition) is 2. The van der Waals surface area contributed by atoms with Crippen LogP contribution in [0.25, 0.3) is 0 Å². The maximum absolute atomic E-state index is 10.8. The number of likely N-dealkylation sites (tertiary alicyclic amines) is 1. The lowest BCUT2D eigenvalue weighted by Crippen LogP contribution is -2.33. The van der Waals surface area contributed by atoms with Gasteiger partial charge in [-0.1, -0.05) is 0 Å². The van der Waals surface area contributed by atoms with Crippen LogP contribution in [0.15, 0.2) is 0 Å². The van der Waals surface area contributed by atoms with Crippen LogP contribution in [0.4, 0.5) is 0 Å². The van der Waals surface area contributed by atoms with E-state index in [4.69, 9.17) is 5.73 Å². The number of nitrogens with two attached hydrogens (primary N) is 1. The van der Waals surface area contributed by atoms with Gasteiger partial charge in [-0.25, -0.2) is 0 Å². The Morgan fingerprint density at radius 1 is 1.78 bits per heavy atom. The summed E-state index contributed by atoms with van der Waals surface area (Å²) in [6.45, 7) is 1.79. The zero-order valence-electron chi connectivity index (χ0n) is 5.34. The number of amides is 1. The molecule has 1 fully saturated rings. The van der Waals surface area contributed by atoms with Crippen molar-refractivity contribution in [2.75, 3.05) is 19.6 Å². The van der Waals surface area contributed by atoms with Gasteiger partial charge in [-0.2, -0.15) is 0 Å². The fraction of sp³-hybridized carbons (Fsp3) is 0.667. The van der Waals surface area contributed by atoms with Crippen LogP contribution >= 0.6 is 0 Å². The van der Waals surface area contributed by atoms with Crippen LogP contribution in [0.2, 0.25) is 0 Å². The van der Waals surface area contributed by atoms with Gasteiger partial charge in [0.25, 0.3) is 0 Å². The molecule has 3 heteroatoms. The topological polar surface area (TPSA) is 46.3 Å².